The first-order valence-corrected chi connectivity index (χ1v) is 6.19. The van der Waals surface area contributed by atoms with Crippen molar-refractivity contribution in [1.82, 2.24) is 0 Å². The highest BCUT2D eigenvalue weighted by Gasteiger charge is 2.07. The van der Waals surface area contributed by atoms with Gasteiger partial charge in [0.1, 0.15) is 5.75 Å². The molecule has 0 aliphatic carbocycles. The summed E-state index contributed by atoms with van der Waals surface area (Å²) in [6.07, 6.45) is 0.844. The van der Waals surface area contributed by atoms with E-state index in [4.69, 9.17) is 14.7 Å². The van der Waals surface area contributed by atoms with Crippen LogP contribution in [0, 0.1) is 6.92 Å². The van der Waals surface area contributed by atoms with E-state index < -0.39 is 0 Å². The molecule has 0 radical (unpaired) electrons. The second-order valence-corrected chi connectivity index (χ2v) is 4.08. The van der Waals surface area contributed by atoms with Crippen molar-refractivity contribution in [2.75, 3.05) is 19.8 Å². The molecule has 0 unspecified atom stereocenters. The lowest BCUT2D eigenvalue weighted by atomic mass is 10.1. The van der Waals surface area contributed by atoms with Crippen LogP contribution in [-0.4, -0.2) is 30.7 Å². The van der Waals surface area contributed by atoms with E-state index in [0.29, 0.717) is 18.9 Å². The van der Waals surface area contributed by atoms with Crippen LogP contribution >= 0.6 is 0 Å². The molecular formula is C14H21NO3. The molecule has 0 atom stereocenters. The molecule has 0 aromatic heterocycles. The van der Waals surface area contributed by atoms with Crippen LogP contribution in [0.15, 0.2) is 23.4 Å². The summed E-state index contributed by atoms with van der Waals surface area (Å²) in [6.45, 7) is 7.74. The van der Waals surface area contributed by atoms with Crippen LogP contribution in [0.2, 0.25) is 0 Å². The quantitative estimate of drug-likeness (QED) is 0.351. The van der Waals surface area contributed by atoms with E-state index in [1.54, 1.807) is 6.92 Å². The number of benzene rings is 1. The largest absolute Gasteiger partial charge is 0.493 e. The minimum atomic E-state index is 0.554. The maximum Gasteiger partial charge on any atom is 0.128 e. The highest BCUT2D eigenvalue weighted by Crippen LogP contribution is 2.21. The van der Waals surface area contributed by atoms with Crippen molar-refractivity contribution >= 4 is 5.71 Å². The number of oxime groups is 1. The molecule has 0 aliphatic heterocycles. The molecule has 100 valence electrons. The molecule has 1 aromatic rings. The molecule has 0 saturated carbocycles. The van der Waals surface area contributed by atoms with Crippen LogP contribution in [-0.2, 0) is 4.74 Å². The molecule has 0 bridgehead atoms. The Bertz CT molecular complexity index is 402. The van der Waals surface area contributed by atoms with E-state index in [0.717, 1.165) is 29.9 Å². The summed E-state index contributed by atoms with van der Waals surface area (Å²) in [5.41, 5.74) is 2.49. The Labute approximate surface area is 108 Å². The van der Waals surface area contributed by atoms with Crippen LogP contribution in [0.4, 0.5) is 0 Å². The first-order chi connectivity index (χ1) is 8.69. The Morgan fingerprint density at radius 2 is 2.11 bits per heavy atom. The fraction of sp³-hybridized carbons (Fsp3) is 0.500. The van der Waals surface area contributed by atoms with E-state index in [9.17, 15) is 0 Å². The lowest BCUT2D eigenvalue weighted by Crippen LogP contribution is -2.06. The zero-order valence-electron chi connectivity index (χ0n) is 11.3. The van der Waals surface area contributed by atoms with Crippen LogP contribution in [0.5, 0.6) is 5.75 Å². The Kier molecular flexibility index (Phi) is 6.22. The van der Waals surface area contributed by atoms with Crippen molar-refractivity contribution in [3.8, 4) is 5.75 Å². The predicted molar refractivity (Wildman–Crippen MR) is 71.8 cm³/mol. The van der Waals surface area contributed by atoms with Gasteiger partial charge in [0.15, 0.2) is 0 Å². The Balaban J connectivity index is 2.64. The molecule has 0 aliphatic rings. The van der Waals surface area contributed by atoms with Gasteiger partial charge in [-0.1, -0.05) is 16.8 Å². The molecule has 1 N–H and O–H groups in total. The third-order valence-electron chi connectivity index (χ3n) is 2.57. The molecule has 0 fully saturated rings. The Morgan fingerprint density at radius 1 is 1.33 bits per heavy atom. The fourth-order valence-corrected chi connectivity index (χ4v) is 1.59. The lowest BCUT2D eigenvalue weighted by Gasteiger charge is -2.11. The molecule has 0 amide bonds. The summed E-state index contributed by atoms with van der Waals surface area (Å²) in [4.78, 5) is 0. The second-order valence-electron chi connectivity index (χ2n) is 4.08. The van der Waals surface area contributed by atoms with E-state index in [1.807, 2.05) is 32.0 Å². The van der Waals surface area contributed by atoms with Gasteiger partial charge in [-0.05, 0) is 32.9 Å². The zero-order valence-corrected chi connectivity index (χ0v) is 11.3. The van der Waals surface area contributed by atoms with Gasteiger partial charge in [-0.15, -0.1) is 0 Å². The smallest absolute Gasteiger partial charge is 0.128 e. The van der Waals surface area contributed by atoms with Gasteiger partial charge in [0.25, 0.3) is 0 Å². The first-order valence-electron chi connectivity index (χ1n) is 6.19. The zero-order chi connectivity index (χ0) is 13.4. The first kappa shape index (κ1) is 14.5. The monoisotopic (exact) mass is 251 g/mol. The lowest BCUT2D eigenvalue weighted by molar-refractivity contribution is 0.131. The van der Waals surface area contributed by atoms with Crippen molar-refractivity contribution in [2.24, 2.45) is 5.16 Å². The maximum absolute atomic E-state index is 8.86. The van der Waals surface area contributed by atoms with Gasteiger partial charge in [-0.25, -0.2) is 0 Å². The third-order valence-corrected chi connectivity index (χ3v) is 2.57. The summed E-state index contributed by atoms with van der Waals surface area (Å²) in [5.74, 6) is 0.743. The van der Waals surface area contributed by atoms with E-state index in [2.05, 4.69) is 5.16 Å². The van der Waals surface area contributed by atoms with Gasteiger partial charge in [0, 0.05) is 25.2 Å². The summed E-state index contributed by atoms with van der Waals surface area (Å²) < 4.78 is 10.9. The molecular weight excluding hydrogens is 230 g/mol. The molecule has 0 heterocycles. The van der Waals surface area contributed by atoms with Crippen molar-refractivity contribution in [2.45, 2.75) is 27.2 Å². The molecule has 0 saturated heterocycles. The highest BCUT2D eigenvalue weighted by atomic mass is 16.5. The van der Waals surface area contributed by atoms with Crippen molar-refractivity contribution in [3.05, 3.63) is 29.3 Å². The molecule has 0 spiro atoms. The van der Waals surface area contributed by atoms with E-state index in [1.165, 1.54) is 0 Å². The summed E-state index contributed by atoms with van der Waals surface area (Å²) in [5, 5.41) is 12.1. The van der Waals surface area contributed by atoms with Gasteiger partial charge >= 0.3 is 0 Å². The molecule has 4 nitrogen and oxygen atoms in total. The van der Waals surface area contributed by atoms with Crippen molar-refractivity contribution < 1.29 is 14.7 Å². The van der Waals surface area contributed by atoms with Crippen molar-refractivity contribution in [1.29, 1.82) is 0 Å². The van der Waals surface area contributed by atoms with Crippen LogP contribution in [0.25, 0.3) is 0 Å². The van der Waals surface area contributed by atoms with Gasteiger partial charge in [-0.3, -0.25) is 0 Å². The summed E-state index contributed by atoms with van der Waals surface area (Å²) in [7, 11) is 0. The van der Waals surface area contributed by atoms with Crippen LogP contribution in [0.3, 0.4) is 0 Å². The fourth-order valence-electron chi connectivity index (χ4n) is 1.59. The number of aryl methyl sites for hydroxylation is 1. The normalized spacial score (nSPS) is 11.6. The predicted octanol–water partition coefficient (Wildman–Crippen LogP) is 3.00. The topological polar surface area (TPSA) is 51.0 Å². The van der Waals surface area contributed by atoms with Crippen molar-refractivity contribution in [3.63, 3.8) is 0 Å². The van der Waals surface area contributed by atoms with E-state index in [-0.39, 0.29) is 0 Å². The van der Waals surface area contributed by atoms with Crippen LogP contribution < -0.4 is 4.74 Å². The standard InChI is InChI=1S/C14H21NO3/c1-4-17-8-5-9-18-14-7-6-11(2)10-13(14)12(3)15-16/h6-7,10,16H,4-5,8-9H2,1-3H3. The number of nitrogens with zero attached hydrogens (tertiary/aromatic N) is 1. The average molecular weight is 251 g/mol. The number of hydrogen-bond donors (Lipinski definition) is 1. The highest BCUT2D eigenvalue weighted by molar-refractivity contribution is 6.00. The molecule has 4 heteroatoms. The van der Waals surface area contributed by atoms with Gasteiger partial charge in [0.2, 0.25) is 0 Å². The van der Waals surface area contributed by atoms with Gasteiger partial charge in [-0.2, -0.15) is 0 Å². The average Bonchev–Trinajstić information content (AvgIpc) is 2.39. The Morgan fingerprint density at radius 3 is 2.78 bits per heavy atom. The van der Waals surface area contributed by atoms with Gasteiger partial charge in [0.05, 0.1) is 12.3 Å². The minimum Gasteiger partial charge on any atom is -0.493 e. The number of rotatable bonds is 7. The maximum atomic E-state index is 8.86. The molecule has 1 aromatic carbocycles. The number of hydrogen-bond acceptors (Lipinski definition) is 4. The Hall–Kier alpha value is -1.55. The molecule has 1 rings (SSSR count). The van der Waals surface area contributed by atoms with Crippen LogP contribution in [0.1, 0.15) is 31.4 Å². The van der Waals surface area contributed by atoms with E-state index >= 15 is 0 Å². The SMILES string of the molecule is CCOCCCOc1ccc(C)cc1C(C)=NO. The second kappa shape index (κ2) is 7.71. The van der Waals surface area contributed by atoms with Gasteiger partial charge < -0.3 is 14.7 Å². The minimum absolute atomic E-state index is 0.554. The number of ether oxygens (including phenoxy) is 2. The summed E-state index contributed by atoms with van der Waals surface area (Å²) in [6, 6.07) is 5.83. The third kappa shape index (κ3) is 4.37. The summed E-state index contributed by atoms with van der Waals surface area (Å²) >= 11 is 0. The molecule has 18 heavy (non-hydrogen) atoms.